The van der Waals surface area contributed by atoms with Gasteiger partial charge in [-0.3, -0.25) is 25.2 Å². The molecule has 182 valence electrons. The number of pyridine rings is 1. The lowest BCUT2D eigenvalue weighted by Gasteiger charge is -2.22. The van der Waals surface area contributed by atoms with Gasteiger partial charge in [0.25, 0.3) is 0 Å². The number of piperidine rings is 1. The lowest BCUT2D eigenvalue weighted by molar-refractivity contribution is -0.137. The van der Waals surface area contributed by atoms with Crippen LogP contribution in [0, 0.1) is 6.92 Å². The van der Waals surface area contributed by atoms with Crippen LogP contribution in [0.15, 0.2) is 42.5 Å². The van der Waals surface area contributed by atoms with E-state index in [1.807, 2.05) is 6.07 Å². The molecule has 3 amide bonds. The van der Waals surface area contributed by atoms with Gasteiger partial charge in [0, 0.05) is 23.2 Å². The number of nitrogens with one attached hydrogen (secondary N) is 2. The second-order valence-electron chi connectivity index (χ2n) is 8.09. The van der Waals surface area contributed by atoms with Crippen molar-refractivity contribution in [3.8, 4) is 0 Å². The van der Waals surface area contributed by atoms with E-state index in [2.05, 4.69) is 15.6 Å². The number of imide groups is 1. The number of aromatic nitrogens is 1. The number of ether oxygens (including phenoxy) is 1. The maximum Gasteiger partial charge on any atom is 0.417 e. The van der Waals surface area contributed by atoms with Crippen LogP contribution >= 0.6 is 11.6 Å². The van der Waals surface area contributed by atoms with Gasteiger partial charge in [0.1, 0.15) is 6.61 Å². The number of benzene rings is 2. The first-order chi connectivity index (χ1) is 16.5. The van der Waals surface area contributed by atoms with E-state index >= 15 is 0 Å². The Kier molecular flexibility index (Phi) is 6.66. The Balaban J connectivity index is 1.43. The summed E-state index contributed by atoms with van der Waals surface area (Å²) in [5, 5.41) is 4.93. The molecule has 2 aromatic carbocycles. The maximum atomic E-state index is 12.8. The number of rotatable bonds is 4. The molecular formula is C24H19ClF3N3O4. The van der Waals surface area contributed by atoms with Crippen molar-refractivity contribution < 1.29 is 32.3 Å². The van der Waals surface area contributed by atoms with Gasteiger partial charge in [-0.1, -0.05) is 23.7 Å². The van der Waals surface area contributed by atoms with Gasteiger partial charge >= 0.3 is 12.3 Å². The van der Waals surface area contributed by atoms with Crippen LogP contribution in [0.3, 0.4) is 0 Å². The number of hydrogen-bond donors (Lipinski definition) is 2. The van der Waals surface area contributed by atoms with Crippen molar-refractivity contribution in [2.75, 3.05) is 5.32 Å². The topological polar surface area (TPSA) is 97.4 Å². The van der Waals surface area contributed by atoms with E-state index in [1.165, 1.54) is 0 Å². The molecule has 2 heterocycles. The molecule has 11 heteroatoms. The molecule has 1 unspecified atom stereocenters. The zero-order valence-electron chi connectivity index (χ0n) is 18.3. The monoisotopic (exact) mass is 505 g/mol. The van der Waals surface area contributed by atoms with E-state index in [9.17, 15) is 27.6 Å². The molecule has 1 aliphatic heterocycles. The van der Waals surface area contributed by atoms with E-state index < -0.39 is 28.8 Å². The number of hydrogen-bond acceptors (Lipinski definition) is 5. The Labute approximate surface area is 202 Å². The Morgan fingerprint density at radius 1 is 1.20 bits per heavy atom. The van der Waals surface area contributed by atoms with Crippen LogP contribution in [0.4, 0.5) is 23.7 Å². The van der Waals surface area contributed by atoms with Gasteiger partial charge < -0.3 is 4.74 Å². The molecule has 1 atom stereocenters. The van der Waals surface area contributed by atoms with Crippen molar-refractivity contribution in [2.45, 2.75) is 38.5 Å². The number of nitrogens with zero attached hydrogens (tertiary/aromatic N) is 1. The van der Waals surface area contributed by atoms with Crippen molar-refractivity contribution in [3.05, 3.63) is 69.9 Å². The number of alkyl halides is 3. The SMILES string of the molecule is Cc1nc2cc(COC(=O)Nc3ccc(C(F)(F)F)c(Cl)c3)ccc2cc1C1CCC(=O)NC1=O. The van der Waals surface area contributed by atoms with Gasteiger partial charge in [-0.2, -0.15) is 13.2 Å². The van der Waals surface area contributed by atoms with E-state index in [4.69, 9.17) is 16.3 Å². The van der Waals surface area contributed by atoms with Crippen LogP contribution in [0.1, 0.15) is 41.1 Å². The molecule has 4 rings (SSSR count). The number of amides is 3. The predicted octanol–water partition coefficient (Wildman–Crippen LogP) is 5.48. The average molecular weight is 506 g/mol. The first kappa shape index (κ1) is 24.5. The van der Waals surface area contributed by atoms with Gasteiger partial charge in [0.15, 0.2) is 0 Å². The standard InChI is InChI=1S/C24H19ClF3N3O4/c1-12-17(16-5-7-21(32)31-22(16)33)9-14-3-2-13(8-20(14)29-12)11-35-23(34)30-15-4-6-18(19(25)10-15)24(26,27)28/h2-4,6,8-10,16H,5,7,11H2,1H3,(H,30,34)(H,31,32,33). The fraction of sp³-hybridized carbons (Fsp3) is 0.250. The molecule has 1 saturated heterocycles. The van der Waals surface area contributed by atoms with E-state index in [0.717, 1.165) is 29.1 Å². The van der Waals surface area contributed by atoms with Crippen molar-refractivity contribution in [1.29, 1.82) is 0 Å². The third kappa shape index (κ3) is 5.54. The summed E-state index contributed by atoms with van der Waals surface area (Å²) in [5.74, 6) is -1.07. The summed E-state index contributed by atoms with van der Waals surface area (Å²) >= 11 is 5.66. The fourth-order valence-corrected chi connectivity index (χ4v) is 4.17. The summed E-state index contributed by atoms with van der Waals surface area (Å²) in [5.41, 5.74) is 1.74. The molecular weight excluding hydrogens is 487 g/mol. The summed E-state index contributed by atoms with van der Waals surface area (Å²) in [6, 6.07) is 9.97. The molecule has 3 aromatic rings. The number of anilines is 1. The zero-order valence-corrected chi connectivity index (χ0v) is 19.1. The minimum Gasteiger partial charge on any atom is -0.444 e. The minimum absolute atomic E-state index is 0.0600. The Morgan fingerprint density at radius 2 is 1.97 bits per heavy atom. The molecule has 0 aliphatic carbocycles. The van der Waals surface area contributed by atoms with Crippen LogP contribution in [-0.4, -0.2) is 22.9 Å². The molecule has 35 heavy (non-hydrogen) atoms. The predicted molar refractivity (Wildman–Crippen MR) is 122 cm³/mol. The van der Waals surface area contributed by atoms with Gasteiger partial charge in [-0.25, -0.2) is 4.79 Å². The molecule has 0 radical (unpaired) electrons. The van der Waals surface area contributed by atoms with Gasteiger partial charge in [-0.05, 0) is 54.8 Å². The van der Waals surface area contributed by atoms with Gasteiger partial charge in [-0.15, -0.1) is 0 Å². The summed E-state index contributed by atoms with van der Waals surface area (Å²) in [6.45, 7) is 1.68. The average Bonchev–Trinajstić information content (AvgIpc) is 2.76. The quantitative estimate of drug-likeness (QED) is 0.457. The summed E-state index contributed by atoms with van der Waals surface area (Å²) in [7, 11) is 0. The molecule has 2 N–H and O–H groups in total. The lowest BCUT2D eigenvalue weighted by Crippen LogP contribution is -2.39. The van der Waals surface area contributed by atoms with E-state index in [-0.39, 0.29) is 30.5 Å². The first-order valence-corrected chi connectivity index (χ1v) is 10.9. The zero-order chi connectivity index (χ0) is 25.3. The van der Waals surface area contributed by atoms with Crippen LogP contribution in [0.5, 0.6) is 0 Å². The highest BCUT2D eigenvalue weighted by atomic mass is 35.5. The van der Waals surface area contributed by atoms with Gasteiger partial charge in [0.2, 0.25) is 11.8 Å². The highest BCUT2D eigenvalue weighted by Gasteiger charge is 2.33. The molecule has 1 fully saturated rings. The molecule has 1 aliphatic rings. The number of aryl methyl sites for hydroxylation is 1. The molecule has 0 bridgehead atoms. The molecule has 7 nitrogen and oxygen atoms in total. The Bertz CT molecular complexity index is 1340. The largest absolute Gasteiger partial charge is 0.444 e. The van der Waals surface area contributed by atoms with E-state index in [1.54, 1.807) is 25.1 Å². The summed E-state index contributed by atoms with van der Waals surface area (Å²) in [4.78, 5) is 40.3. The second-order valence-corrected chi connectivity index (χ2v) is 8.49. The number of fused-ring (bicyclic) bond motifs is 1. The minimum atomic E-state index is -4.60. The van der Waals surface area contributed by atoms with Crippen molar-refractivity contribution in [2.24, 2.45) is 0 Å². The fourth-order valence-electron chi connectivity index (χ4n) is 3.88. The van der Waals surface area contributed by atoms with Crippen molar-refractivity contribution >= 4 is 46.1 Å². The van der Waals surface area contributed by atoms with E-state index in [0.29, 0.717) is 23.2 Å². The lowest BCUT2D eigenvalue weighted by atomic mass is 9.89. The number of carbonyl (C=O) groups excluding carboxylic acids is 3. The third-order valence-electron chi connectivity index (χ3n) is 5.62. The van der Waals surface area contributed by atoms with Crippen molar-refractivity contribution in [3.63, 3.8) is 0 Å². The smallest absolute Gasteiger partial charge is 0.417 e. The molecule has 0 saturated carbocycles. The second kappa shape index (κ2) is 9.53. The summed E-state index contributed by atoms with van der Waals surface area (Å²) < 4.78 is 43.6. The summed E-state index contributed by atoms with van der Waals surface area (Å²) in [6.07, 6.45) is -4.77. The van der Waals surface area contributed by atoms with Crippen LogP contribution < -0.4 is 10.6 Å². The third-order valence-corrected chi connectivity index (χ3v) is 5.93. The van der Waals surface area contributed by atoms with Crippen LogP contribution in [0.2, 0.25) is 5.02 Å². The maximum absolute atomic E-state index is 12.8. The van der Waals surface area contributed by atoms with Crippen LogP contribution in [-0.2, 0) is 27.1 Å². The highest BCUT2D eigenvalue weighted by molar-refractivity contribution is 6.31. The normalized spacial score (nSPS) is 16.2. The van der Waals surface area contributed by atoms with Gasteiger partial charge in [0.05, 0.1) is 22.0 Å². The number of carbonyl (C=O) groups is 3. The van der Waals surface area contributed by atoms with Crippen LogP contribution in [0.25, 0.3) is 10.9 Å². The Morgan fingerprint density at radius 3 is 2.66 bits per heavy atom. The highest BCUT2D eigenvalue weighted by Crippen LogP contribution is 2.36. The molecule has 1 aromatic heterocycles. The van der Waals surface area contributed by atoms with Crippen molar-refractivity contribution in [1.82, 2.24) is 10.3 Å². The Hall–Kier alpha value is -3.66. The molecule has 0 spiro atoms. The number of halogens is 4. The first-order valence-electron chi connectivity index (χ1n) is 10.6.